The van der Waals surface area contributed by atoms with E-state index in [1.54, 1.807) is 7.11 Å². The van der Waals surface area contributed by atoms with Gasteiger partial charge in [0.1, 0.15) is 11.4 Å². The zero-order chi connectivity index (χ0) is 13.9. The molecule has 1 heterocycles. The predicted octanol–water partition coefficient (Wildman–Crippen LogP) is 3.18. The quantitative estimate of drug-likeness (QED) is 0.909. The molecule has 4 nitrogen and oxygen atoms in total. The molecule has 0 unspecified atom stereocenters. The summed E-state index contributed by atoms with van der Waals surface area (Å²) in [6, 6.07) is 15.8. The van der Waals surface area contributed by atoms with E-state index in [0.717, 1.165) is 17.1 Å². The molecule has 0 radical (unpaired) electrons. The Kier molecular flexibility index (Phi) is 3.29. The topological polar surface area (TPSA) is 41.6 Å². The van der Waals surface area contributed by atoms with Crippen LogP contribution in [0.5, 0.6) is 5.75 Å². The van der Waals surface area contributed by atoms with Gasteiger partial charge in [-0.15, -0.1) is 0 Å². The van der Waals surface area contributed by atoms with Gasteiger partial charge in [-0.25, -0.2) is 0 Å². The van der Waals surface area contributed by atoms with Crippen LogP contribution in [0.1, 0.15) is 6.42 Å². The largest absolute Gasteiger partial charge is 0.494 e. The highest BCUT2D eigenvalue weighted by molar-refractivity contribution is 5.99. The van der Waals surface area contributed by atoms with E-state index in [9.17, 15) is 4.79 Å². The number of para-hydroxylation sites is 2. The Balaban J connectivity index is 2.13. The third-order valence-corrected chi connectivity index (χ3v) is 3.41. The van der Waals surface area contributed by atoms with Crippen LogP contribution in [0.2, 0.25) is 0 Å². The number of ether oxygens (including phenoxy) is 1. The van der Waals surface area contributed by atoms with Gasteiger partial charge in [0.15, 0.2) is 0 Å². The molecule has 102 valence electrons. The van der Waals surface area contributed by atoms with E-state index in [2.05, 4.69) is 10.2 Å². The van der Waals surface area contributed by atoms with Gasteiger partial charge in [0.25, 0.3) is 0 Å². The summed E-state index contributed by atoms with van der Waals surface area (Å²) in [4.78, 5) is 14.0. The summed E-state index contributed by atoms with van der Waals surface area (Å²) in [7, 11) is 1.61. The first kappa shape index (κ1) is 12.5. The van der Waals surface area contributed by atoms with Gasteiger partial charge in [-0.1, -0.05) is 24.3 Å². The van der Waals surface area contributed by atoms with Crippen molar-refractivity contribution in [3.05, 3.63) is 48.5 Å². The Hall–Kier alpha value is -2.49. The van der Waals surface area contributed by atoms with Gasteiger partial charge in [-0.2, -0.15) is 0 Å². The van der Waals surface area contributed by atoms with Crippen LogP contribution >= 0.6 is 0 Å². The van der Waals surface area contributed by atoms with Gasteiger partial charge >= 0.3 is 0 Å². The van der Waals surface area contributed by atoms with Crippen molar-refractivity contribution in [1.29, 1.82) is 0 Å². The van der Waals surface area contributed by atoms with E-state index in [4.69, 9.17) is 4.74 Å². The van der Waals surface area contributed by atoms with Gasteiger partial charge < -0.3 is 15.0 Å². The molecule has 0 fully saturated rings. The fraction of sp³-hybridized carbons (Fsp3) is 0.188. The maximum atomic E-state index is 11.9. The molecule has 0 aliphatic carbocycles. The highest BCUT2D eigenvalue weighted by Crippen LogP contribution is 2.40. The number of carbonyl (C=O) groups excluding carboxylic acids is 1. The third kappa shape index (κ3) is 2.20. The summed E-state index contributed by atoms with van der Waals surface area (Å²) in [5, 5.41) is 2.94. The molecule has 0 spiro atoms. The van der Waals surface area contributed by atoms with Gasteiger partial charge in [0.05, 0.1) is 12.8 Å². The van der Waals surface area contributed by atoms with E-state index in [-0.39, 0.29) is 5.91 Å². The summed E-state index contributed by atoms with van der Waals surface area (Å²) >= 11 is 0. The predicted molar refractivity (Wildman–Crippen MR) is 79.7 cm³/mol. The molecule has 3 rings (SSSR count). The van der Waals surface area contributed by atoms with Crippen molar-refractivity contribution in [3.8, 4) is 5.75 Å². The number of rotatable bonds is 2. The van der Waals surface area contributed by atoms with Crippen LogP contribution in [0, 0.1) is 0 Å². The van der Waals surface area contributed by atoms with Crippen LogP contribution in [0.15, 0.2) is 48.5 Å². The monoisotopic (exact) mass is 268 g/mol. The first-order valence-electron chi connectivity index (χ1n) is 6.59. The SMILES string of the molecule is COc1cccc2c1NC(=O)CCN2c1ccccc1. The first-order chi connectivity index (χ1) is 9.79. The van der Waals surface area contributed by atoms with Crippen LogP contribution in [-0.4, -0.2) is 19.6 Å². The number of carbonyl (C=O) groups is 1. The minimum atomic E-state index is 0.00850. The van der Waals surface area contributed by atoms with Crippen LogP contribution in [0.3, 0.4) is 0 Å². The molecule has 1 amide bonds. The molecule has 2 aromatic rings. The number of fused-ring (bicyclic) bond motifs is 1. The van der Waals surface area contributed by atoms with E-state index in [1.165, 1.54) is 0 Å². The Morgan fingerprint density at radius 3 is 2.65 bits per heavy atom. The van der Waals surface area contributed by atoms with Crippen molar-refractivity contribution in [3.63, 3.8) is 0 Å². The zero-order valence-electron chi connectivity index (χ0n) is 11.3. The molecule has 4 heteroatoms. The number of amides is 1. The minimum Gasteiger partial charge on any atom is -0.494 e. The van der Waals surface area contributed by atoms with Crippen molar-refractivity contribution in [2.75, 3.05) is 23.9 Å². The molecule has 1 aliphatic rings. The second kappa shape index (κ2) is 5.25. The van der Waals surface area contributed by atoms with Crippen molar-refractivity contribution in [2.45, 2.75) is 6.42 Å². The number of methoxy groups -OCH3 is 1. The second-order valence-corrected chi connectivity index (χ2v) is 4.64. The molecule has 0 atom stereocenters. The Morgan fingerprint density at radius 1 is 1.10 bits per heavy atom. The van der Waals surface area contributed by atoms with E-state index < -0.39 is 0 Å². The Labute approximate surface area is 118 Å². The lowest BCUT2D eigenvalue weighted by molar-refractivity contribution is -0.115. The van der Waals surface area contributed by atoms with Gasteiger partial charge in [0.2, 0.25) is 5.91 Å². The molecule has 0 saturated carbocycles. The lowest BCUT2D eigenvalue weighted by atomic mass is 10.2. The Morgan fingerprint density at radius 2 is 1.90 bits per heavy atom. The summed E-state index contributed by atoms with van der Waals surface area (Å²) in [5.41, 5.74) is 2.77. The van der Waals surface area contributed by atoms with Gasteiger partial charge in [0, 0.05) is 18.7 Å². The molecule has 1 aliphatic heterocycles. The van der Waals surface area contributed by atoms with Crippen molar-refractivity contribution in [1.82, 2.24) is 0 Å². The Bertz CT molecular complexity index is 626. The average Bonchev–Trinajstić information content (AvgIpc) is 2.66. The van der Waals surface area contributed by atoms with Gasteiger partial charge in [-0.3, -0.25) is 4.79 Å². The van der Waals surface area contributed by atoms with Crippen LogP contribution < -0.4 is 15.0 Å². The van der Waals surface area contributed by atoms with Crippen LogP contribution in [-0.2, 0) is 4.79 Å². The zero-order valence-corrected chi connectivity index (χ0v) is 11.3. The molecule has 2 aromatic carbocycles. The molecule has 0 saturated heterocycles. The second-order valence-electron chi connectivity index (χ2n) is 4.64. The summed E-state index contributed by atoms with van der Waals surface area (Å²) in [5.74, 6) is 0.688. The fourth-order valence-electron chi connectivity index (χ4n) is 2.45. The lowest BCUT2D eigenvalue weighted by Gasteiger charge is -2.24. The molecule has 0 bridgehead atoms. The van der Waals surface area contributed by atoms with Crippen LogP contribution in [0.4, 0.5) is 17.1 Å². The number of nitrogens with one attached hydrogen (secondary N) is 1. The number of anilines is 3. The van der Waals surface area contributed by atoms with Crippen molar-refractivity contribution >= 4 is 23.0 Å². The molecule has 0 aromatic heterocycles. The molecular weight excluding hydrogens is 252 g/mol. The standard InChI is InChI=1S/C16H16N2O2/c1-20-14-9-5-8-13-16(14)17-15(19)10-11-18(13)12-6-3-2-4-7-12/h2-9H,10-11H2,1H3,(H,17,19). The van der Waals surface area contributed by atoms with Crippen molar-refractivity contribution < 1.29 is 9.53 Å². The number of hydrogen-bond donors (Lipinski definition) is 1. The highest BCUT2D eigenvalue weighted by Gasteiger charge is 2.22. The maximum Gasteiger partial charge on any atom is 0.226 e. The fourth-order valence-corrected chi connectivity index (χ4v) is 2.45. The number of hydrogen-bond acceptors (Lipinski definition) is 3. The van der Waals surface area contributed by atoms with Crippen LogP contribution in [0.25, 0.3) is 0 Å². The lowest BCUT2D eigenvalue weighted by Crippen LogP contribution is -2.18. The summed E-state index contributed by atoms with van der Waals surface area (Å²) in [6.07, 6.45) is 0.451. The summed E-state index contributed by atoms with van der Waals surface area (Å²) in [6.45, 7) is 0.649. The molecular formula is C16H16N2O2. The smallest absolute Gasteiger partial charge is 0.226 e. The first-order valence-corrected chi connectivity index (χ1v) is 6.59. The minimum absolute atomic E-state index is 0.00850. The molecule has 1 N–H and O–H groups in total. The normalized spacial score (nSPS) is 14.2. The number of benzene rings is 2. The number of nitrogens with zero attached hydrogens (tertiary/aromatic N) is 1. The molecule has 20 heavy (non-hydrogen) atoms. The van der Waals surface area contributed by atoms with E-state index in [0.29, 0.717) is 18.7 Å². The average molecular weight is 268 g/mol. The maximum absolute atomic E-state index is 11.9. The van der Waals surface area contributed by atoms with E-state index in [1.807, 2.05) is 48.5 Å². The van der Waals surface area contributed by atoms with Gasteiger partial charge in [-0.05, 0) is 24.3 Å². The third-order valence-electron chi connectivity index (χ3n) is 3.41. The van der Waals surface area contributed by atoms with Crippen molar-refractivity contribution in [2.24, 2.45) is 0 Å². The summed E-state index contributed by atoms with van der Waals surface area (Å²) < 4.78 is 5.36. The highest BCUT2D eigenvalue weighted by atomic mass is 16.5. The van der Waals surface area contributed by atoms with E-state index >= 15 is 0 Å².